The van der Waals surface area contributed by atoms with Crippen molar-refractivity contribution in [2.24, 2.45) is 0 Å². The number of ketones is 1. The summed E-state index contributed by atoms with van der Waals surface area (Å²) in [7, 11) is 1.60. The second kappa shape index (κ2) is 5.70. The first kappa shape index (κ1) is 13.8. The predicted octanol–water partition coefficient (Wildman–Crippen LogP) is 4.84. The van der Waals surface area contributed by atoms with Crippen LogP contribution in [0.25, 0.3) is 10.8 Å². The highest BCUT2D eigenvalue weighted by molar-refractivity contribution is 9.10. The average Bonchev–Trinajstić information content (AvgIpc) is 2.53. The topological polar surface area (TPSA) is 26.3 Å². The molecule has 0 unspecified atom stereocenters. The van der Waals surface area contributed by atoms with Crippen LogP contribution < -0.4 is 4.74 Å². The molecule has 0 bridgehead atoms. The van der Waals surface area contributed by atoms with Gasteiger partial charge in [0.2, 0.25) is 0 Å². The van der Waals surface area contributed by atoms with E-state index in [0.29, 0.717) is 11.1 Å². The molecule has 0 radical (unpaired) electrons. The van der Waals surface area contributed by atoms with Gasteiger partial charge in [-0.05, 0) is 51.0 Å². The molecule has 0 spiro atoms. The molecule has 104 valence electrons. The number of hydrogen-bond donors (Lipinski definition) is 0. The van der Waals surface area contributed by atoms with Crippen molar-refractivity contribution in [1.82, 2.24) is 0 Å². The van der Waals surface area contributed by atoms with Crippen molar-refractivity contribution in [1.29, 1.82) is 0 Å². The van der Waals surface area contributed by atoms with Gasteiger partial charge in [0.05, 0.1) is 7.11 Å². The molecule has 0 atom stereocenters. The highest BCUT2D eigenvalue weighted by Crippen LogP contribution is 2.26. The van der Waals surface area contributed by atoms with E-state index in [2.05, 4.69) is 15.9 Å². The quantitative estimate of drug-likeness (QED) is 0.637. The van der Waals surface area contributed by atoms with Crippen molar-refractivity contribution in [2.75, 3.05) is 7.11 Å². The number of fused-ring (bicyclic) bond motifs is 1. The van der Waals surface area contributed by atoms with Crippen molar-refractivity contribution in [3.63, 3.8) is 0 Å². The van der Waals surface area contributed by atoms with Gasteiger partial charge < -0.3 is 4.74 Å². The van der Waals surface area contributed by atoms with Crippen LogP contribution in [0.1, 0.15) is 15.9 Å². The van der Waals surface area contributed by atoms with E-state index < -0.39 is 0 Å². The van der Waals surface area contributed by atoms with Crippen LogP contribution in [0.3, 0.4) is 0 Å². The van der Waals surface area contributed by atoms with E-state index in [1.165, 1.54) is 0 Å². The summed E-state index contributed by atoms with van der Waals surface area (Å²) in [5, 5.41) is 2.19. The molecule has 0 aromatic heterocycles. The molecule has 3 aromatic rings. The minimum absolute atomic E-state index is 0.00437. The van der Waals surface area contributed by atoms with Crippen LogP contribution >= 0.6 is 15.9 Å². The van der Waals surface area contributed by atoms with Gasteiger partial charge in [-0.3, -0.25) is 4.79 Å². The van der Waals surface area contributed by atoms with E-state index in [9.17, 15) is 4.79 Å². The Balaban J connectivity index is 2.03. The number of hydrogen-bond acceptors (Lipinski definition) is 2. The van der Waals surface area contributed by atoms with Gasteiger partial charge in [0.15, 0.2) is 5.78 Å². The number of methoxy groups -OCH3 is 1. The molecule has 3 heteroatoms. The van der Waals surface area contributed by atoms with Gasteiger partial charge in [-0.2, -0.15) is 0 Å². The van der Waals surface area contributed by atoms with E-state index in [4.69, 9.17) is 4.74 Å². The standard InChI is InChI=1S/C18H13BrO2/c1-21-15-8-9-16(17(19)11-15)18(20)14-7-6-12-4-2-3-5-13(12)10-14/h2-11H,1H3. The molecule has 2 nitrogen and oxygen atoms in total. The van der Waals surface area contributed by atoms with Crippen LogP contribution in [-0.2, 0) is 0 Å². The monoisotopic (exact) mass is 340 g/mol. The first-order chi connectivity index (χ1) is 10.2. The van der Waals surface area contributed by atoms with Crippen LogP contribution in [0.5, 0.6) is 5.75 Å². The fourth-order valence-corrected chi connectivity index (χ4v) is 2.83. The van der Waals surface area contributed by atoms with Gasteiger partial charge in [0, 0.05) is 15.6 Å². The van der Waals surface area contributed by atoms with Gasteiger partial charge in [-0.25, -0.2) is 0 Å². The summed E-state index contributed by atoms with van der Waals surface area (Å²) in [4.78, 5) is 12.6. The molecule has 0 fully saturated rings. The lowest BCUT2D eigenvalue weighted by Crippen LogP contribution is -2.02. The Morgan fingerprint density at radius 3 is 2.43 bits per heavy atom. The van der Waals surface area contributed by atoms with Crippen LogP contribution in [0.4, 0.5) is 0 Å². The Hall–Kier alpha value is -2.13. The fraction of sp³-hybridized carbons (Fsp3) is 0.0556. The van der Waals surface area contributed by atoms with E-state index in [1.54, 1.807) is 25.3 Å². The Bertz CT molecular complexity index is 824. The van der Waals surface area contributed by atoms with Crippen LogP contribution in [-0.4, -0.2) is 12.9 Å². The second-order valence-electron chi connectivity index (χ2n) is 4.74. The first-order valence-corrected chi connectivity index (χ1v) is 7.35. The van der Waals surface area contributed by atoms with E-state index in [1.807, 2.05) is 42.5 Å². The molecular weight excluding hydrogens is 328 g/mol. The molecule has 0 aliphatic heterocycles. The summed E-state index contributed by atoms with van der Waals surface area (Å²) in [6, 6.07) is 19.1. The summed E-state index contributed by atoms with van der Waals surface area (Å²) in [6.45, 7) is 0. The second-order valence-corrected chi connectivity index (χ2v) is 5.59. The number of rotatable bonds is 3. The molecule has 0 heterocycles. The van der Waals surface area contributed by atoms with E-state index >= 15 is 0 Å². The molecule has 21 heavy (non-hydrogen) atoms. The Morgan fingerprint density at radius 1 is 0.952 bits per heavy atom. The highest BCUT2D eigenvalue weighted by atomic mass is 79.9. The zero-order valence-corrected chi connectivity index (χ0v) is 13.1. The molecule has 0 N–H and O–H groups in total. The minimum atomic E-state index is -0.00437. The van der Waals surface area contributed by atoms with Crippen LogP contribution in [0.2, 0.25) is 0 Å². The fourth-order valence-electron chi connectivity index (χ4n) is 2.29. The van der Waals surface area contributed by atoms with Crippen LogP contribution in [0.15, 0.2) is 65.1 Å². The maximum absolute atomic E-state index is 12.6. The maximum Gasteiger partial charge on any atom is 0.194 e. The smallest absolute Gasteiger partial charge is 0.194 e. The lowest BCUT2D eigenvalue weighted by Gasteiger charge is -2.07. The molecule has 0 aliphatic carbocycles. The highest BCUT2D eigenvalue weighted by Gasteiger charge is 2.13. The lowest BCUT2D eigenvalue weighted by atomic mass is 10.00. The van der Waals surface area contributed by atoms with Crippen molar-refractivity contribution in [2.45, 2.75) is 0 Å². The molecule has 3 rings (SSSR count). The van der Waals surface area contributed by atoms with Crippen molar-refractivity contribution >= 4 is 32.5 Å². The van der Waals surface area contributed by atoms with E-state index in [0.717, 1.165) is 21.0 Å². The normalized spacial score (nSPS) is 10.6. The number of carbonyl (C=O) groups is 1. The zero-order valence-electron chi connectivity index (χ0n) is 11.5. The molecule has 0 saturated carbocycles. The average molecular weight is 341 g/mol. The largest absolute Gasteiger partial charge is 0.497 e. The first-order valence-electron chi connectivity index (χ1n) is 6.56. The Kier molecular flexibility index (Phi) is 3.76. The summed E-state index contributed by atoms with van der Waals surface area (Å²) < 4.78 is 5.89. The van der Waals surface area contributed by atoms with Gasteiger partial charge in [-0.1, -0.05) is 36.4 Å². The molecule has 0 amide bonds. The summed E-state index contributed by atoms with van der Waals surface area (Å²) in [5.41, 5.74) is 1.31. The molecule has 3 aromatic carbocycles. The van der Waals surface area contributed by atoms with Gasteiger partial charge in [0.25, 0.3) is 0 Å². The molecule has 0 aliphatic rings. The zero-order chi connectivity index (χ0) is 14.8. The van der Waals surface area contributed by atoms with Crippen molar-refractivity contribution < 1.29 is 9.53 Å². The SMILES string of the molecule is COc1ccc(C(=O)c2ccc3ccccc3c2)c(Br)c1. The number of carbonyl (C=O) groups excluding carboxylic acids is 1. The van der Waals surface area contributed by atoms with Crippen molar-refractivity contribution in [3.8, 4) is 5.75 Å². The van der Waals surface area contributed by atoms with Gasteiger partial charge in [0.1, 0.15) is 5.75 Å². The molecular formula is C18H13BrO2. The third kappa shape index (κ3) is 2.69. The lowest BCUT2D eigenvalue weighted by molar-refractivity contribution is 0.103. The van der Waals surface area contributed by atoms with Crippen LogP contribution in [0, 0.1) is 0 Å². The minimum Gasteiger partial charge on any atom is -0.497 e. The third-order valence-corrected chi connectivity index (χ3v) is 4.09. The number of halogens is 1. The summed E-state index contributed by atoms with van der Waals surface area (Å²) in [6.07, 6.45) is 0. The maximum atomic E-state index is 12.6. The van der Waals surface area contributed by atoms with E-state index in [-0.39, 0.29) is 5.78 Å². The Morgan fingerprint density at radius 2 is 1.71 bits per heavy atom. The molecule has 0 saturated heterocycles. The number of ether oxygens (including phenoxy) is 1. The van der Waals surface area contributed by atoms with Gasteiger partial charge in [-0.15, -0.1) is 0 Å². The van der Waals surface area contributed by atoms with Gasteiger partial charge >= 0.3 is 0 Å². The predicted molar refractivity (Wildman–Crippen MR) is 88.1 cm³/mol. The Labute approximate surface area is 131 Å². The third-order valence-electron chi connectivity index (χ3n) is 3.43. The summed E-state index contributed by atoms with van der Waals surface area (Å²) in [5.74, 6) is 0.715. The van der Waals surface area contributed by atoms with Crippen molar-refractivity contribution in [3.05, 3.63) is 76.3 Å². The summed E-state index contributed by atoms with van der Waals surface area (Å²) >= 11 is 3.43. The number of benzene rings is 3.